The van der Waals surface area contributed by atoms with Gasteiger partial charge in [-0.3, -0.25) is 4.79 Å². The lowest BCUT2D eigenvalue weighted by atomic mass is 10.1. The number of carbonyl (C=O) groups is 1. The molecule has 21 heavy (non-hydrogen) atoms. The third-order valence-electron chi connectivity index (χ3n) is 3.18. The lowest BCUT2D eigenvalue weighted by Crippen LogP contribution is -2.13. The summed E-state index contributed by atoms with van der Waals surface area (Å²) < 4.78 is 13.1. The van der Waals surface area contributed by atoms with Crippen LogP contribution in [0.3, 0.4) is 0 Å². The number of hydrogen-bond donors (Lipinski definition) is 2. The van der Waals surface area contributed by atoms with Crippen LogP contribution in [0.25, 0.3) is 10.9 Å². The molecule has 0 bridgehead atoms. The zero-order chi connectivity index (χ0) is 14.8. The van der Waals surface area contributed by atoms with Gasteiger partial charge in [0.2, 0.25) is 0 Å². The number of amides is 1. The van der Waals surface area contributed by atoms with Crippen molar-refractivity contribution < 1.29 is 9.18 Å². The quantitative estimate of drug-likeness (QED) is 0.754. The standard InChI is InChI=1S/C16H10FN3O/c17-12-4-5-14(11(8-12)9-18)20-16(21)13-3-1-2-10-6-7-19-15(10)13/h1-8,19H,(H,20,21). The van der Waals surface area contributed by atoms with Crippen molar-refractivity contribution in [1.82, 2.24) is 4.98 Å². The Hall–Kier alpha value is -3.13. The number of para-hydroxylation sites is 1. The van der Waals surface area contributed by atoms with Gasteiger partial charge in [0.1, 0.15) is 11.9 Å². The van der Waals surface area contributed by atoms with Crippen molar-refractivity contribution in [3.8, 4) is 6.07 Å². The molecule has 5 heteroatoms. The summed E-state index contributed by atoms with van der Waals surface area (Å²) in [5.41, 5.74) is 1.55. The number of H-pyrrole nitrogens is 1. The minimum absolute atomic E-state index is 0.0852. The molecule has 0 unspecified atom stereocenters. The molecule has 0 aliphatic rings. The van der Waals surface area contributed by atoms with Crippen LogP contribution in [0, 0.1) is 17.1 Å². The van der Waals surface area contributed by atoms with E-state index in [-0.39, 0.29) is 17.2 Å². The smallest absolute Gasteiger partial charge is 0.257 e. The number of nitriles is 1. The van der Waals surface area contributed by atoms with Gasteiger partial charge in [-0.05, 0) is 30.3 Å². The Kier molecular flexibility index (Phi) is 3.13. The van der Waals surface area contributed by atoms with Crippen LogP contribution in [-0.4, -0.2) is 10.9 Å². The fraction of sp³-hybridized carbons (Fsp3) is 0. The highest BCUT2D eigenvalue weighted by atomic mass is 19.1. The first-order valence-electron chi connectivity index (χ1n) is 6.26. The van der Waals surface area contributed by atoms with Crippen LogP contribution in [0.2, 0.25) is 0 Å². The lowest BCUT2D eigenvalue weighted by molar-refractivity contribution is 0.102. The van der Waals surface area contributed by atoms with Gasteiger partial charge in [-0.15, -0.1) is 0 Å². The molecule has 0 aliphatic carbocycles. The molecular weight excluding hydrogens is 269 g/mol. The topological polar surface area (TPSA) is 68.7 Å². The minimum atomic E-state index is -0.518. The first-order valence-corrected chi connectivity index (χ1v) is 6.26. The largest absolute Gasteiger partial charge is 0.361 e. The molecule has 3 rings (SSSR count). The normalized spacial score (nSPS) is 10.3. The number of rotatable bonds is 2. The Morgan fingerprint density at radius 3 is 2.90 bits per heavy atom. The molecule has 0 saturated carbocycles. The molecule has 4 nitrogen and oxygen atoms in total. The number of fused-ring (bicyclic) bond motifs is 1. The van der Waals surface area contributed by atoms with E-state index in [1.165, 1.54) is 12.1 Å². The van der Waals surface area contributed by atoms with Gasteiger partial charge in [0.25, 0.3) is 5.91 Å². The van der Waals surface area contributed by atoms with Crippen molar-refractivity contribution in [3.63, 3.8) is 0 Å². The molecule has 1 aromatic heterocycles. The number of aromatic nitrogens is 1. The predicted octanol–water partition coefficient (Wildman–Crippen LogP) is 3.43. The molecule has 0 atom stereocenters. The van der Waals surface area contributed by atoms with Gasteiger partial charge in [-0.25, -0.2) is 4.39 Å². The van der Waals surface area contributed by atoms with Crippen molar-refractivity contribution in [2.45, 2.75) is 0 Å². The fourth-order valence-electron chi connectivity index (χ4n) is 2.18. The van der Waals surface area contributed by atoms with Gasteiger partial charge in [0.15, 0.2) is 0 Å². The second kappa shape index (κ2) is 5.10. The van der Waals surface area contributed by atoms with E-state index >= 15 is 0 Å². The van der Waals surface area contributed by atoms with Crippen LogP contribution >= 0.6 is 0 Å². The second-order valence-corrected chi connectivity index (χ2v) is 4.50. The van der Waals surface area contributed by atoms with Crippen molar-refractivity contribution in [2.75, 3.05) is 5.32 Å². The maximum absolute atomic E-state index is 13.1. The maximum Gasteiger partial charge on any atom is 0.257 e. The highest BCUT2D eigenvalue weighted by Gasteiger charge is 2.13. The average Bonchev–Trinajstić information content (AvgIpc) is 2.97. The molecule has 1 heterocycles. The highest BCUT2D eigenvalue weighted by Crippen LogP contribution is 2.20. The summed E-state index contributed by atoms with van der Waals surface area (Å²) in [5.74, 6) is -0.873. The Bertz CT molecular complexity index is 877. The highest BCUT2D eigenvalue weighted by molar-refractivity contribution is 6.12. The first kappa shape index (κ1) is 12.9. The molecule has 2 aromatic carbocycles. The molecule has 0 spiro atoms. The van der Waals surface area contributed by atoms with Crippen LogP contribution in [0.1, 0.15) is 15.9 Å². The fourth-order valence-corrected chi connectivity index (χ4v) is 2.18. The second-order valence-electron chi connectivity index (χ2n) is 4.50. The number of hydrogen-bond acceptors (Lipinski definition) is 2. The molecule has 0 radical (unpaired) electrons. The van der Waals surface area contributed by atoms with E-state index in [0.29, 0.717) is 5.56 Å². The average molecular weight is 279 g/mol. The van der Waals surface area contributed by atoms with Crippen LogP contribution < -0.4 is 5.32 Å². The minimum Gasteiger partial charge on any atom is -0.361 e. The Labute approximate surface area is 119 Å². The molecule has 1 amide bonds. The monoisotopic (exact) mass is 279 g/mol. The van der Waals surface area contributed by atoms with Gasteiger partial charge >= 0.3 is 0 Å². The van der Waals surface area contributed by atoms with E-state index in [1.807, 2.05) is 18.2 Å². The zero-order valence-corrected chi connectivity index (χ0v) is 10.9. The summed E-state index contributed by atoms with van der Waals surface area (Å²) in [4.78, 5) is 15.4. The van der Waals surface area contributed by atoms with Crippen LogP contribution in [0.15, 0.2) is 48.7 Å². The van der Waals surface area contributed by atoms with E-state index < -0.39 is 5.82 Å². The van der Waals surface area contributed by atoms with Gasteiger partial charge in [-0.1, -0.05) is 12.1 Å². The van der Waals surface area contributed by atoms with Crippen LogP contribution in [0.4, 0.5) is 10.1 Å². The molecule has 0 fully saturated rings. The van der Waals surface area contributed by atoms with Gasteiger partial charge < -0.3 is 10.3 Å². The van der Waals surface area contributed by atoms with E-state index in [2.05, 4.69) is 10.3 Å². The number of anilines is 1. The third kappa shape index (κ3) is 2.35. The Morgan fingerprint density at radius 2 is 2.10 bits per heavy atom. The van der Waals surface area contributed by atoms with Crippen molar-refractivity contribution >= 4 is 22.5 Å². The number of nitrogens with one attached hydrogen (secondary N) is 2. The van der Waals surface area contributed by atoms with E-state index in [9.17, 15) is 9.18 Å². The predicted molar refractivity (Wildman–Crippen MR) is 77.4 cm³/mol. The number of carbonyl (C=O) groups excluding carboxylic acids is 1. The molecule has 2 N–H and O–H groups in total. The van der Waals surface area contributed by atoms with Crippen molar-refractivity contribution in [2.24, 2.45) is 0 Å². The molecule has 0 aliphatic heterocycles. The van der Waals surface area contributed by atoms with E-state index in [1.54, 1.807) is 18.3 Å². The molecule has 3 aromatic rings. The summed E-state index contributed by atoms with van der Waals surface area (Å²) in [7, 11) is 0. The molecule has 0 saturated heterocycles. The van der Waals surface area contributed by atoms with Crippen LogP contribution in [0.5, 0.6) is 0 Å². The first-order chi connectivity index (χ1) is 10.2. The maximum atomic E-state index is 13.1. The van der Waals surface area contributed by atoms with Gasteiger partial charge in [0.05, 0.1) is 22.3 Å². The van der Waals surface area contributed by atoms with E-state index in [0.717, 1.165) is 17.0 Å². The molecule has 102 valence electrons. The zero-order valence-electron chi connectivity index (χ0n) is 10.9. The summed E-state index contributed by atoms with van der Waals surface area (Å²) in [6, 6.07) is 12.7. The SMILES string of the molecule is N#Cc1cc(F)ccc1NC(=O)c1cccc2cc[nH]c12. The summed E-state index contributed by atoms with van der Waals surface area (Å²) in [6.07, 6.45) is 1.75. The van der Waals surface area contributed by atoms with Crippen LogP contribution in [-0.2, 0) is 0 Å². The number of aromatic amines is 1. The van der Waals surface area contributed by atoms with Crippen molar-refractivity contribution in [1.29, 1.82) is 5.26 Å². The summed E-state index contributed by atoms with van der Waals surface area (Å²) in [5, 5.41) is 12.5. The third-order valence-corrected chi connectivity index (χ3v) is 3.18. The number of benzene rings is 2. The summed E-state index contributed by atoms with van der Waals surface area (Å²) >= 11 is 0. The van der Waals surface area contributed by atoms with E-state index in [4.69, 9.17) is 5.26 Å². The molecular formula is C16H10FN3O. The Morgan fingerprint density at radius 1 is 1.24 bits per heavy atom. The number of nitrogens with zero attached hydrogens (tertiary/aromatic N) is 1. The summed E-state index contributed by atoms with van der Waals surface area (Å²) in [6.45, 7) is 0. The Balaban J connectivity index is 1.97. The van der Waals surface area contributed by atoms with Gasteiger partial charge in [0, 0.05) is 11.6 Å². The van der Waals surface area contributed by atoms with Gasteiger partial charge in [-0.2, -0.15) is 5.26 Å². The van der Waals surface area contributed by atoms with Crippen molar-refractivity contribution in [3.05, 3.63) is 65.6 Å². The lowest BCUT2D eigenvalue weighted by Gasteiger charge is -2.08. The number of halogens is 1.